The molecule has 19 heavy (non-hydrogen) atoms. The Morgan fingerprint density at radius 3 is 2.58 bits per heavy atom. The molecule has 3 aliphatic rings. The predicted octanol–water partition coefficient (Wildman–Crippen LogP) is 1.23. The van der Waals surface area contributed by atoms with Gasteiger partial charge < -0.3 is 9.84 Å². The van der Waals surface area contributed by atoms with E-state index in [9.17, 15) is 13.5 Å². The lowest BCUT2D eigenvalue weighted by Gasteiger charge is -2.46. The van der Waals surface area contributed by atoms with Gasteiger partial charge in [-0.25, -0.2) is 8.42 Å². The van der Waals surface area contributed by atoms with E-state index in [0.29, 0.717) is 13.0 Å². The molecule has 0 saturated carbocycles. The van der Waals surface area contributed by atoms with Crippen LogP contribution in [-0.2, 0) is 14.6 Å². The largest absolute Gasteiger partial charge is 0.389 e. The molecule has 0 aromatic heterocycles. The lowest BCUT2D eigenvalue weighted by atomic mass is 9.73. The first-order chi connectivity index (χ1) is 8.93. The minimum absolute atomic E-state index is 0.0461. The van der Waals surface area contributed by atoms with Gasteiger partial charge in [-0.3, -0.25) is 0 Å². The second-order valence-electron chi connectivity index (χ2n) is 6.28. The first-order valence-corrected chi connectivity index (χ1v) is 10.1. The Hall–Kier alpha value is 0.220. The van der Waals surface area contributed by atoms with Crippen molar-refractivity contribution in [1.82, 2.24) is 0 Å². The van der Waals surface area contributed by atoms with Crippen LogP contribution in [0.4, 0.5) is 0 Å². The monoisotopic (exact) mass is 306 g/mol. The Bertz CT molecular complexity index is 436. The molecule has 4 nitrogen and oxygen atoms in total. The molecule has 3 saturated heterocycles. The lowest BCUT2D eigenvalue weighted by Crippen LogP contribution is -2.50. The fourth-order valence-electron chi connectivity index (χ4n) is 3.76. The molecule has 2 atom stereocenters. The highest BCUT2D eigenvalue weighted by Crippen LogP contribution is 2.45. The van der Waals surface area contributed by atoms with Gasteiger partial charge in [0, 0.05) is 6.61 Å². The van der Waals surface area contributed by atoms with Gasteiger partial charge in [0.05, 0.1) is 22.7 Å². The highest BCUT2D eigenvalue weighted by Gasteiger charge is 2.51. The van der Waals surface area contributed by atoms with Crippen molar-refractivity contribution in [2.24, 2.45) is 5.92 Å². The Morgan fingerprint density at radius 1 is 1.21 bits per heavy atom. The molecule has 0 aliphatic carbocycles. The van der Waals surface area contributed by atoms with Crippen LogP contribution in [0.5, 0.6) is 0 Å². The third-order valence-electron chi connectivity index (χ3n) is 4.97. The van der Waals surface area contributed by atoms with Crippen LogP contribution in [-0.4, -0.2) is 54.3 Å². The average Bonchev–Trinajstić information content (AvgIpc) is 2.66. The maximum absolute atomic E-state index is 11.7. The number of thioether (sulfide) groups is 1. The number of rotatable bonds is 1. The van der Waals surface area contributed by atoms with Crippen molar-refractivity contribution in [2.45, 2.75) is 43.3 Å². The van der Waals surface area contributed by atoms with E-state index in [1.165, 1.54) is 0 Å². The van der Waals surface area contributed by atoms with Crippen LogP contribution in [0.2, 0.25) is 0 Å². The van der Waals surface area contributed by atoms with Gasteiger partial charge in [-0.15, -0.1) is 0 Å². The van der Waals surface area contributed by atoms with Crippen LogP contribution in [0, 0.1) is 5.92 Å². The third-order valence-corrected chi connectivity index (χ3v) is 7.72. The van der Waals surface area contributed by atoms with E-state index in [-0.39, 0.29) is 23.0 Å². The van der Waals surface area contributed by atoms with Gasteiger partial charge in [0.2, 0.25) is 0 Å². The summed E-state index contributed by atoms with van der Waals surface area (Å²) in [4.78, 5) is 0. The van der Waals surface area contributed by atoms with Gasteiger partial charge in [-0.1, -0.05) is 0 Å². The molecular formula is C13H22O4S2. The van der Waals surface area contributed by atoms with Crippen LogP contribution in [0.25, 0.3) is 0 Å². The minimum atomic E-state index is -3.04. The summed E-state index contributed by atoms with van der Waals surface area (Å²) >= 11 is 1.96. The zero-order valence-corrected chi connectivity index (χ0v) is 12.8. The van der Waals surface area contributed by atoms with Gasteiger partial charge in [0.25, 0.3) is 0 Å². The van der Waals surface area contributed by atoms with Crippen LogP contribution >= 0.6 is 11.8 Å². The highest BCUT2D eigenvalue weighted by molar-refractivity contribution is 7.99. The van der Waals surface area contributed by atoms with Crippen molar-refractivity contribution < 1.29 is 18.3 Å². The fourth-order valence-corrected chi connectivity index (χ4v) is 6.94. The maximum Gasteiger partial charge on any atom is 0.153 e. The molecule has 0 aromatic rings. The standard InChI is InChI=1S/C13H22O4S2/c14-13(4-8-19(15,16)10-13)11-1-5-17-12(9-11)2-6-18-7-3-12/h11,14H,1-10H2. The summed E-state index contributed by atoms with van der Waals surface area (Å²) in [6.07, 6.45) is 4.11. The van der Waals surface area contributed by atoms with E-state index in [1.54, 1.807) is 0 Å². The summed E-state index contributed by atoms with van der Waals surface area (Å²) in [6, 6.07) is 0. The molecule has 3 fully saturated rings. The molecule has 0 amide bonds. The summed E-state index contributed by atoms with van der Waals surface area (Å²) in [6.45, 7) is 0.664. The Kier molecular flexibility index (Phi) is 3.65. The second-order valence-corrected chi connectivity index (χ2v) is 9.69. The molecule has 110 valence electrons. The SMILES string of the molecule is O=S1(=O)CCC(O)(C2CCOC3(CCSCC3)C2)C1. The van der Waals surface area contributed by atoms with Crippen molar-refractivity contribution >= 4 is 21.6 Å². The van der Waals surface area contributed by atoms with Crippen molar-refractivity contribution in [1.29, 1.82) is 0 Å². The molecule has 3 rings (SSSR count). The highest BCUT2D eigenvalue weighted by atomic mass is 32.2. The van der Waals surface area contributed by atoms with E-state index in [4.69, 9.17) is 4.74 Å². The molecule has 3 heterocycles. The number of hydrogen-bond acceptors (Lipinski definition) is 5. The van der Waals surface area contributed by atoms with E-state index in [2.05, 4.69) is 0 Å². The molecule has 0 bridgehead atoms. The number of ether oxygens (including phenoxy) is 1. The van der Waals surface area contributed by atoms with Crippen LogP contribution < -0.4 is 0 Å². The van der Waals surface area contributed by atoms with Crippen molar-refractivity contribution in [3.63, 3.8) is 0 Å². The predicted molar refractivity (Wildman–Crippen MR) is 76.2 cm³/mol. The zero-order valence-electron chi connectivity index (χ0n) is 11.1. The zero-order chi connectivity index (χ0) is 13.6. The second kappa shape index (κ2) is 4.90. The topological polar surface area (TPSA) is 63.6 Å². The van der Waals surface area contributed by atoms with Gasteiger partial charge in [0.15, 0.2) is 9.84 Å². The van der Waals surface area contributed by atoms with E-state index in [1.807, 2.05) is 11.8 Å². The van der Waals surface area contributed by atoms with E-state index in [0.717, 1.165) is 37.2 Å². The number of hydrogen-bond donors (Lipinski definition) is 1. The molecule has 0 aromatic carbocycles. The van der Waals surface area contributed by atoms with Gasteiger partial charge >= 0.3 is 0 Å². The summed E-state index contributed by atoms with van der Waals surface area (Å²) in [7, 11) is -3.04. The molecule has 1 spiro atoms. The molecular weight excluding hydrogens is 284 g/mol. The third kappa shape index (κ3) is 2.82. The molecule has 6 heteroatoms. The first-order valence-electron chi connectivity index (χ1n) is 7.08. The van der Waals surface area contributed by atoms with Crippen LogP contribution in [0.3, 0.4) is 0 Å². The van der Waals surface area contributed by atoms with Crippen molar-refractivity contribution in [3.8, 4) is 0 Å². The van der Waals surface area contributed by atoms with Gasteiger partial charge in [0.1, 0.15) is 0 Å². The number of aliphatic hydroxyl groups is 1. The molecule has 1 N–H and O–H groups in total. The quantitative estimate of drug-likeness (QED) is 0.789. The van der Waals surface area contributed by atoms with Crippen LogP contribution in [0.15, 0.2) is 0 Å². The van der Waals surface area contributed by atoms with Crippen LogP contribution in [0.1, 0.15) is 32.1 Å². The van der Waals surface area contributed by atoms with Crippen molar-refractivity contribution in [2.75, 3.05) is 29.6 Å². The Labute approximate surface area is 119 Å². The average molecular weight is 306 g/mol. The fraction of sp³-hybridized carbons (Fsp3) is 1.00. The van der Waals surface area contributed by atoms with Crippen molar-refractivity contribution in [3.05, 3.63) is 0 Å². The van der Waals surface area contributed by atoms with E-state index >= 15 is 0 Å². The minimum Gasteiger partial charge on any atom is -0.389 e. The Balaban J connectivity index is 1.75. The molecule has 3 aliphatic heterocycles. The normalized spacial score (nSPS) is 41.4. The van der Waals surface area contributed by atoms with E-state index < -0.39 is 15.4 Å². The number of sulfone groups is 1. The Morgan fingerprint density at radius 2 is 1.95 bits per heavy atom. The molecule has 0 radical (unpaired) electrons. The maximum atomic E-state index is 11.7. The van der Waals surface area contributed by atoms with Gasteiger partial charge in [-0.2, -0.15) is 11.8 Å². The summed E-state index contributed by atoms with van der Waals surface area (Å²) in [5.41, 5.74) is -1.09. The summed E-state index contributed by atoms with van der Waals surface area (Å²) in [5.74, 6) is 2.41. The first kappa shape index (κ1) is 14.2. The smallest absolute Gasteiger partial charge is 0.153 e. The summed E-state index contributed by atoms with van der Waals surface area (Å²) < 4.78 is 29.3. The lowest BCUT2D eigenvalue weighted by molar-refractivity contribution is -0.140. The van der Waals surface area contributed by atoms with Gasteiger partial charge in [-0.05, 0) is 49.5 Å². The molecule has 2 unspecified atom stereocenters. The summed E-state index contributed by atoms with van der Waals surface area (Å²) in [5, 5.41) is 10.7.